The average Bonchev–Trinajstić information content (AvgIpc) is 2.95. The van der Waals surface area contributed by atoms with Gasteiger partial charge in [0.1, 0.15) is 5.82 Å². The first-order valence-electron chi connectivity index (χ1n) is 6.91. The maximum absolute atomic E-state index is 11.4. The smallest absolute Gasteiger partial charge is 0.356 e. The molecule has 0 amide bonds. The van der Waals surface area contributed by atoms with Crippen LogP contribution in [0.15, 0.2) is 12.4 Å². The zero-order valence-corrected chi connectivity index (χ0v) is 11.8. The molecule has 0 saturated heterocycles. The van der Waals surface area contributed by atoms with Crippen LogP contribution in [0.3, 0.4) is 0 Å². The highest BCUT2D eigenvalue weighted by Crippen LogP contribution is 2.57. The van der Waals surface area contributed by atoms with Crippen molar-refractivity contribution in [2.45, 2.75) is 18.8 Å². The number of carbonyl (C=O) groups is 1. The highest BCUT2D eigenvalue weighted by molar-refractivity contribution is 5.88. The molecule has 0 aliphatic heterocycles. The van der Waals surface area contributed by atoms with Crippen LogP contribution >= 0.6 is 0 Å². The topological polar surface area (TPSA) is 84.1 Å². The van der Waals surface area contributed by atoms with E-state index in [1.807, 2.05) is 19.0 Å². The highest BCUT2D eigenvalue weighted by atomic mass is 16.4. The van der Waals surface area contributed by atoms with Crippen molar-refractivity contribution in [3.63, 3.8) is 0 Å². The number of carboxylic acids is 1. The van der Waals surface area contributed by atoms with E-state index in [0.717, 1.165) is 29.9 Å². The Morgan fingerprint density at radius 1 is 1.38 bits per heavy atom. The summed E-state index contributed by atoms with van der Waals surface area (Å²) in [7, 11) is 3.79. The van der Waals surface area contributed by atoms with Gasteiger partial charge in [0, 0.05) is 25.6 Å². The maximum atomic E-state index is 11.4. The lowest BCUT2D eigenvalue weighted by Gasteiger charge is -2.11. The Kier molecular flexibility index (Phi) is 2.36. The Morgan fingerprint density at radius 3 is 2.81 bits per heavy atom. The molecule has 2 atom stereocenters. The molecule has 0 radical (unpaired) electrons. The summed E-state index contributed by atoms with van der Waals surface area (Å²) in [5.41, 5.74) is 2.06. The molecular formula is C14H15N5O2. The van der Waals surface area contributed by atoms with Crippen molar-refractivity contribution < 1.29 is 9.90 Å². The first-order valence-corrected chi connectivity index (χ1v) is 6.91. The molecule has 108 valence electrons. The van der Waals surface area contributed by atoms with Crippen molar-refractivity contribution in [3.8, 4) is 5.82 Å². The third-order valence-electron chi connectivity index (χ3n) is 4.27. The molecule has 21 heavy (non-hydrogen) atoms. The standard InChI is InChI=1S/C14H15N5O2/c1-18(2)10-5-16-11(6-15-10)19-13-8-3-7(8)4-9(13)12(17-19)14(20)21/h5-8H,3-4H2,1-2H3,(H,20,21)/t7-,8-/m1/s1. The zero-order chi connectivity index (χ0) is 14.7. The molecule has 0 unspecified atom stereocenters. The van der Waals surface area contributed by atoms with Gasteiger partial charge in [-0.15, -0.1) is 0 Å². The fraction of sp³-hybridized carbons (Fsp3) is 0.429. The Morgan fingerprint density at radius 2 is 2.19 bits per heavy atom. The first kappa shape index (κ1) is 12.3. The van der Waals surface area contributed by atoms with Crippen molar-refractivity contribution in [2.24, 2.45) is 5.92 Å². The lowest BCUT2D eigenvalue weighted by Crippen LogP contribution is -2.12. The summed E-state index contributed by atoms with van der Waals surface area (Å²) >= 11 is 0. The summed E-state index contributed by atoms with van der Waals surface area (Å²) in [6.45, 7) is 0. The molecule has 0 bridgehead atoms. The lowest BCUT2D eigenvalue weighted by atomic mass is 10.1. The van der Waals surface area contributed by atoms with Crippen LogP contribution in [0.1, 0.15) is 34.1 Å². The van der Waals surface area contributed by atoms with Crippen LogP contribution in [0.25, 0.3) is 5.82 Å². The van der Waals surface area contributed by atoms with Crippen LogP contribution in [0.4, 0.5) is 5.82 Å². The second-order valence-electron chi connectivity index (χ2n) is 5.86. The number of fused-ring (bicyclic) bond motifs is 3. The molecule has 4 rings (SSSR count). The Hall–Kier alpha value is -2.44. The van der Waals surface area contributed by atoms with E-state index in [1.165, 1.54) is 0 Å². The normalized spacial score (nSPS) is 21.8. The van der Waals surface area contributed by atoms with Gasteiger partial charge in [0.25, 0.3) is 0 Å². The van der Waals surface area contributed by atoms with Crippen molar-refractivity contribution in [3.05, 3.63) is 29.3 Å². The van der Waals surface area contributed by atoms with Crippen LogP contribution in [-0.2, 0) is 6.42 Å². The zero-order valence-electron chi connectivity index (χ0n) is 11.8. The molecule has 7 heteroatoms. The van der Waals surface area contributed by atoms with E-state index in [4.69, 9.17) is 0 Å². The molecule has 1 N–H and O–H groups in total. The van der Waals surface area contributed by atoms with E-state index in [0.29, 0.717) is 17.7 Å². The number of anilines is 1. The molecule has 7 nitrogen and oxygen atoms in total. The van der Waals surface area contributed by atoms with Gasteiger partial charge in [-0.05, 0) is 18.8 Å². The van der Waals surface area contributed by atoms with Gasteiger partial charge < -0.3 is 10.0 Å². The van der Waals surface area contributed by atoms with E-state index in [1.54, 1.807) is 17.1 Å². The van der Waals surface area contributed by atoms with Crippen molar-refractivity contribution in [2.75, 3.05) is 19.0 Å². The van der Waals surface area contributed by atoms with Crippen molar-refractivity contribution >= 4 is 11.8 Å². The van der Waals surface area contributed by atoms with Gasteiger partial charge in [0.05, 0.1) is 18.1 Å². The molecule has 2 heterocycles. The quantitative estimate of drug-likeness (QED) is 0.908. The van der Waals surface area contributed by atoms with E-state index in [2.05, 4.69) is 15.1 Å². The minimum absolute atomic E-state index is 0.163. The van der Waals surface area contributed by atoms with Crippen LogP contribution in [0.5, 0.6) is 0 Å². The molecule has 2 aromatic rings. The summed E-state index contributed by atoms with van der Waals surface area (Å²) in [5.74, 6) is 1.40. The monoisotopic (exact) mass is 285 g/mol. The van der Waals surface area contributed by atoms with Crippen LogP contribution in [0, 0.1) is 5.92 Å². The summed E-state index contributed by atoms with van der Waals surface area (Å²) in [5, 5.41) is 13.6. The van der Waals surface area contributed by atoms with Gasteiger partial charge in [0.2, 0.25) is 0 Å². The third-order valence-corrected chi connectivity index (χ3v) is 4.27. The number of aromatic nitrogens is 4. The van der Waals surface area contributed by atoms with E-state index < -0.39 is 5.97 Å². The molecule has 1 saturated carbocycles. The predicted molar refractivity (Wildman–Crippen MR) is 75.0 cm³/mol. The lowest BCUT2D eigenvalue weighted by molar-refractivity contribution is 0.0688. The predicted octanol–water partition coefficient (Wildman–Crippen LogP) is 1.09. The number of nitrogens with zero attached hydrogens (tertiary/aromatic N) is 5. The number of rotatable bonds is 3. The van der Waals surface area contributed by atoms with Crippen molar-refractivity contribution in [1.82, 2.24) is 19.7 Å². The van der Waals surface area contributed by atoms with Gasteiger partial charge in [0.15, 0.2) is 11.5 Å². The Balaban J connectivity index is 1.82. The summed E-state index contributed by atoms with van der Waals surface area (Å²) in [6.07, 6.45) is 5.26. The highest BCUT2D eigenvalue weighted by Gasteiger charge is 2.50. The van der Waals surface area contributed by atoms with Gasteiger partial charge >= 0.3 is 5.97 Å². The summed E-state index contributed by atoms with van der Waals surface area (Å²) in [6, 6.07) is 0. The third kappa shape index (κ3) is 1.73. The van der Waals surface area contributed by atoms with Gasteiger partial charge in [-0.1, -0.05) is 0 Å². The Bertz CT molecular complexity index is 735. The molecule has 1 fully saturated rings. The fourth-order valence-corrected chi connectivity index (χ4v) is 3.12. The maximum Gasteiger partial charge on any atom is 0.356 e. The fourth-order valence-electron chi connectivity index (χ4n) is 3.12. The molecule has 2 aromatic heterocycles. The summed E-state index contributed by atoms with van der Waals surface area (Å²) in [4.78, 5) is 21.9. The number of carboxylic acid groups (broad SMARTS) is 1. The van der Waals surface area contributed by atoms with E-state index in [9.17, 15) is 9.90 Å². The SMILES string of the molecule is CN(C)c1cnc(-n2nc(C(=O)O)c3c2[C@@H]2C[C@@H]2C3)cn1. The Labute approximate surface area is 121 Å². The van der Waals surface area contributed by atoms with E-state index >= 15 is 0 Å². The second kappa shape index (κ2) is 4.03. The number of hydrogen-bond donors (Lipinski definition) is 1. The van der Waals surface area contributed by atoms with E-state index in [-0.39, 0.29) is 5.69 Å². The minimum Gasteiger partial charge on any atom is -0.476 e. The molecule has 0 spiro atoms. The largest absolute Gasteiger partial charge is 0.476 e. The van der Waals surface area contributed by atoms with Crippen LogP contribution in [-0.4, -0.2) is 44.9 Å². The molecule has 2 aliphatic carbocycles. The minimum atomic E-state index is -0.968. The number of hydrogen-bond acceptors (Lipinski definition) is 5. The van der Waals surface area contributed by atoms with Gasteiger partial charge in [-0.3, -0.25) is 0 Å². The second-order valence-corrected chi connectivity index (χ2v) is 5.86. The molecule has 0 aromatic carbocycles. The first-order chi connectivity index (χ1) is 10.1. The molecular weight excluding hydrogens is 270 g/mol. The summed E-state index contributed by atoms with van der Waals surface area (Å²) < 4.78 is 1.67. The average molecular weight is 285 g/mol. The van der Waals surface area contributed by atoms with Gasteiger partial charge in [-0.25, -0.2) is 19.4 Å². The van der Waals surface area contributed by atoms with Gasteiger partial charge in [-0.2, -0.15) is 5.10 Å². The van der Waals surface area contributed by atoms with Crippen LogP contribution < -0.4 is 4.90 Å². The van der Waals surface area contributed by atoms with Crippen LogP contribution in [0.2, 0.25) is 0 Å². The van der Waals surface area contributed by atoms with Crippen molar-refractivity contribution in [1.29, 1.82) is 0 Å². The number of aromatic carboxylic acids is 1. The molecule has 2 aliphatic rings.